The second-order valence-corrected chi connectivity index (χ2v) is 9.03. The molecule has 0 spiro atoms. The number of hydrogen-bond acceptors (Lipinski definition) is 4. The zero-order valence-corrected chi connectivity index (χ0v) is 18.5. The Morgan fingerprint density at radius 3 is 2.82 bits per heavy atom. The van der Waals surface area contributed by atoms with Gasteiger partial charge in [0.05, 0.1) is 4.91 Å². The van der Waals surface area contributed by atoms with Crippen molar-refractivity contribution in [3.63, 3.8) is 0 Å². The Balaban J connectivity index is 1.73. The van der Waals surface area contributed by atoms with E-state index in [-0.39, 0.29) is 5.91 Å². The molecule has 1 saturated heterocycles. The third-order valence-corrected chi connectivity index (χ3v) is 6.48. The number of rotatable bonds is 8. The van der Waals surface area contributed by atoms with Gasteiger partial charge in [0.15, 0.2) is 0 Å². The van der Waals surface area contributed by atoms with Crippen molar-refractivity contribution >= 4 is 51.9 Å². The first-order valence-electron chi connectivity index (χ1n) is 9.63. The largest absolute Gasteiger partial charge is 0.457 e. The molecule has 0 radical (unpaired) electrons. The summed E-state index contributed by atoms with van der Waals surface area (Å²) >= 11 is 12.9. The maximum atomic E-state index is 12.9. The van der Waals surface area contributed by atoms with Gasteiger partial charge in [-0.05, 0) is 36.6 Å². The van der Waals surface area contributed by atoms with Crippen molar-refractivity contribution in [1.29, 1.82) is 0 Å². The molecule has 0 saturated carbocycles. The number of thioether (sulfide) groups is 1. The van der Waals surface area contributed by atoms with Crippen LogP contribution in [0.25, 0.3) is 17.4 Å². The highest BCUT2D eigenvalue weighted by Gasteiger charge is 2.33. The van der Waals surface area contributed by atoms with Crippen LogP contribution in [0.5, 0.6) is 0 Å². The number of halogens is 1. The number of furan rings is 1. The van der Waals surface area contributed by atoms with Crippen molar-refractivity contribution in [2.75, 3.05) is 6.54 Å². The predicted molar refractivity (Wildman–Crippen MR) is 122 cm³/mol. The van der Waals surface area contributed by atoms with Crippen LogP contribution in [0.2, 0.25) is 5.02 Å². The van der Waals surface area contributed by atoms with Gasteiger partial charge in [-0.25, -0.2) is 0 Å². The summed E-state index contributed by atoms with van der Waals surface area (Å²) in [5.74, 6) is 1.81. The van der Waals surface area contributed by atoms with Crippen LogP contribution in [0.3, 0.4) is 0 Å². The summed E-state index contributed by atoms with van der Waals surface area (Å²) in [5, 5.41) is 0.657. The molecule has 2 aromatic rings. The van der Waals surface area contributed by atoms with Gasteiger partial charge in [-0.1, -0.05) is 80.8 Å². The fourth-order valence-corrected chi connectivity index (χ4v) is 4.63. The van der Waals surface area contributed by atoms with Crippen LogP contribution >= 0.6 is 35.6 Å². The van der Waals surface area contributed by atoms with Gasteiger partial charge < -0.3 is 4.42 Å². The van der Waals surface area contributed by atoms with Gasteiger partial charge in [0.1, 0.15) is 15.8 Å². The molecule has 1 atom stereocenters. The Bertz CT molecular complexity index is 890. The average Bonchev–Trinajstić information content (AvgIpc) is 3.25. The molecule has 3 rings (SSSR count). The molecule has 1 amide bonds. The van der Waals surface area contributed by atoms with Gasteiger partial charge in [0.25, 0.3) is 5.91 Å². The zero-order valence-electron chi connectivity index (χ0n) is 16.1. The summed E-state index contributed by atoms with van der Waals surface area (Å²) in [4.78, 5) is 15.2. The number of carbonyl (C=O) groups excluding carboxylic acids is 1. The minimum absolute atomic E-state index is 0.0225. The molecule has 1 aliphatic rings. The fourth-order valence-electron chi connectivity index (χ4n) is 3.19. The summed E-state index contributed by atoms with van der Waals surface area (Å²) in [7, 11) is 0. The summed E-state index contributed by atoms with van der Waals surface area (Å²) in [6.45, 7) is 5.06. The maximum Gasteiger partial charge on any atom is 0.266 e. The van der Waals surface area contributed by atoms with Crippen LogP contribution in [-0.4, -0.2) is 21.7 Å². The fraction of sp³-hybridized carbons (Fsp3) is 0.364. The SMILES string of the molecule is CCCC[C@@H](CC)CN1C(=O)/C(=C\c2ccc(-c3cccc(Cl)c3)o2)SC1=S. The number of nitrogens with zero attached hydrogens (tertiary/aromatic N) is 1. The van der Waals surface area contributed by atoms with E-state index in [1.165, 1.54) is 24.6 Å². The molecule has 3 nitrogen and oxygen atoms in total. The zero-order chi connectivity index (χ0) is 20.1. The third kappa shape index (κ3) is 5.07. The molecule has 0 unspecified atom stereocenters. The first kappa shape index (κ1) is 21.2. The molecule has 0 N–H and O–H groups in total. The van der Waals surface area contributed by atoms with E-state index in [1.807, 2.05) is 36.4 Å². The van der Waals surface area contributed by atoms with Crippen molar-refractivity contribution < 1.29 is 9.21 Å². The molecular weight excluding hydrogens is 410 g/mol. The van der Waals surface area contributed by atoms with E-state index in [2.05, 4.69) is 13.8 Å². The van der Waals surface area contributed by atoms with Crippen LogP contribution in [0, 0.1) is 5.92 Å². The van der Waals surface area contributed by atoms with Gasteiger partial charge in [0.2, 0.25) is 0 Å². The topological polar surface area (TPSA) is 33.5 Å². The van der Waals surface area contributed by atoms with E-state index in [0.717, 1.165) is 24.2 Å². The first-order chi connectivity index (χ1) is 13.5. The van der Waals surface area contributed by atoms with Gasteiger partial charge in [-0.3, -0.25) is 9.69 Å². The lowest BCUT2D eigenvalue weighted by Crippen LogP contribution is -2.33. The number of amides is 1. The summed E-state index contributed by atoms with van der Waals surface area (Å²) in [6.07, 6.45) is 6.31. The van der Waals surface area contributed by atoms with Crippen molar-refractivity contribution in [1.82, 2.24) is 4.90 Å². The van der Waals surface area contributed by atoms with Gasteiger partial charge >= 0.3 is 0 Å². The highest BCUT2D eigenvalue weighted by atomic mass is 35.5. The molecule has 28 heavy (non-hydrogen) atoms. The normalized spacial score (nSPS) is 17.0. The minimum Gasteiger partial charge on any atom is -0.457 e. The Morgan fingerprint density at radius 1 is 1.29 bits per heavy atom. The molecule has 2 heterocycles. The Hall–Kier alpha value is -1.56. The maximum absolute atomic E-state index is 12.9. The van der Waals surface area contributed by atoms with Crippen LogP contribution in [0.15, 0.2) is 45.7 Å². The van der Waals surface area contributed by atoms with Crippen LogP contribution in [-0.2, 0) is 4.79 Å². The molecule has 1 fully saturated rings. The van der Waals surface area contributed by atoms with Crippen LogP contribution < -0.4 is 0 Å². The lowest BCUT2D eigenvalue weighted by atomic mass is 9.99. The number of unbranched alkanes of at least 4 members (excludes halogenated alkanes) is 1. The molecule has 1 aromatic carbocycles. The van der Waals surface area contributed by atoms with Gasteiger partial charge in [-0.2, -0.15) is 0 Å². The minimum atomic E-state index is -0.0225. The van der Waals surface area contributed by atoms with E-state index < -0.39 is 0 Å². The first-order valence-corrected chi connectivity index (χ1v) is 11.2. The smallest absolute Gasteiger partial charge is 0.266 e. The van der Waals surface area contributed by atoms with Gasteiger partial charge in [0, 0.05) is 23.2 Å². The molecule has 0 bridgehead atoms. The van der Waals surface area contributed by atoms with Crippen molar-refractivity contribution in [2.24, 2.45) is 5.92 Å². The average molecular weight is 434 g/mol. The highest BCUT2D eigenvalue weighted by molar-refractivity contribution is 8.26. The quantitative estimate of drug-likeness (QED) is 0.331. The molecule has 0 aliphatic carbocycles. The third-order valence-electron chi connectivity index (χ3n) is 4.87. The Morgan fingerprint density at radius 2 is 2.11 bits per heavy atom. The van der Waals surface area contributed by atoms with E-state index in [1.54, 1.807) is 11.0 Å². The van der Waals surface area contributed by atoms with Crippen LogP contribution in [0.1, 0.15) is 45.3 Å². The second kappa shape index (κ2) is 9.77. The Kier molecular flexibility index (Phi) is 7.38. The number of benzene rings is 1. The van der Waals surface area contributed by atoms with Crippen molar-refractivity contribution in [3.8, 4) is 11.3 Å². The lowest BCUT2D eigenvalue weighted by molar-refractivity contribution is -0.122. The molecule has 1 aromatic heterocycles. The summed E-state index contributed by atoms with van der Waals surface area (Å²) < 4.78 is 6.53. The molecule has 6 heteroatoms. The highest BCUT2D eigenvalue weighted by Crippen LogP contribution is 2.35. The van der Waals surface area contributed by atoms with E-state index >= 15 is 0 Å². The Labute approximate surface area is 181 Å². The second-order valence-electron chi connectivity index (χ2n) is 6.92. The summed E-state index contributed by atoms with van der Waals surface area (Å²) in [6, 6.07) is 11.2. The van der Waals surface area contributed by atoms with Crippen LogP contribution in [0.4, 0.5) is 0 Å². The van der Waals surface area contributed by atoms with Gasteiger partial charge in [-0.15, -0.1) is 0 Å². The van der Waals surface area contributed by atoms with E-state index in [0.29, 0.717) is 32.5 Å². The molecule has 1 aliphatic heterocycles. The number of hydrogen-bond donors (Lipinski definition) is 0. The summed E-state index contributed by atoms with van der Waals surface area (Å²) in [5.41, 5.74) is 0.904. The molecular formula is C22H24ClNO2S2. The van der Waals surface area contributed by atoms with E-state index in [9.17, 15) is 4.79 Å². The number of thiocarbonyl (C=S) groups is 1. The lowest BCUT2D eigenvalue weighted by Gasteiger charge is -2.21. The van der Waals surface area contributed by atoms with Crippen molar-refractivity contribution in [3.05, 3.63) is 52.1 Å². The van der Waals surface area contributed by atoms with E-state index in [4.69, 9.17) is 28.2 Å². The monoisotopic (exact) mass is 433 g/mol. The number of carbonyl (C=O) groups is 1. The standard InChI is InChI=1S/C22H24ClNO2S2/c1-3-5-7-15(4-2)14-24-21(25)20(28-22(24)27)13-18-10-11-19(26-18)16-8-6-9-17(23)12-16/h6,8-13,15H,3-5,7,14H2,1-2H3/b20-13+/t15-/m1/s1. The molecule has 148 valence electrons. The predicted octanol–water partition coefficient (Wildman–Crippen LogP) is 7.02. The van der Waals surface area contributed by atoms with Crippen molar-refractivity contribution in [2.45, 2.75) is 39.5 Å².